The molecule has 0 aliphatic carbocycles. The number of amides is 2. The summed E-state index contributed by atoms with van der Waals surface area (Å²) in [6, 6.07) is 12.4. The van der Waals surface area contributed by atoms with Crippen LogP contribution in [-0.2, 0) is 9.30 Å². The van der Waals surface area contributed by atoms with E-state index in [4.69, 9.17) is 20.3 Å². The monoisotopic (exact) mass is 488 g/mol. The highest BCUT2D eigenvalue weighted by Gasteiger charge is 2.28. The second kappa shape index (κ2) is 10.8. The number of hydrogen-bond acceptors (Lipinski definition) is 6. The van der Waals surface area contributed by atoms with Gasteiger partial charge in [-0.15, -0.1) is 0 Å². The summed E-state index contributed by atoms with van der Waals surface area (Å²) >= 11 is 0. The van der Waals surface area contributed by atoms with E-state index in [0.29, 0.717) is 17.1 Å². The molecule has 1 aliphatic rings. The van der Waals surface area contributed by atoms with Crippen LogP contribution < -0.4 is 11.1 Å². The molecule has 1 unspecified atom stereocenters. The van der Waals surface area contributed by atoms with E-state index in [2.05, 4.69) is 10.3 Å². The second-order valence-corrected chi connectivity index (χ2v) is 9.73. The average Bonchev–Trinajstić information content (AvgIpc) is 2.91. The number of rotatable bonds is 7. The molecular weight excluding hydrogens is 459 g/mol. The smallest absolute Gasteiger partial charge is 0.410 e. The van der Waals surface area contributed by atoms with E-state index < -0.39 is 13.7 Å². The summed E-state index contributed by atoms with van der Waals surface area (Å²) in [5, 5.41) is 2.65. The van der Waals surface area contributed by atoms with Crippen LogP contribution in [0, 0.1) is 0 Å². The number of carbonyl (C=O) groups is 2. The van der Waals surface area contributed by atoms with Crippen LogP contribution in [0.1, 0.15) is 42.2 Å². The van der Waals surface area contributed by atoms with E-state index >= 15 is 0 Å². The van der Waals surface area contributed by atoms with Gasteiger partial charge in [0, 0.05) is 17.7 Å². The van der Waals surface area contributed by atoms with E-state index in [1.54, 1.807) is 24.0 Å². The Morgan fingerprint density at radius 3 is 2.53 bits per heavy atom. The Morgan fingerprint density at radius 1 is 1.21 bits per heavy atom. The molecule has 0 saturated carbocycles. The predicted octanol–water partition coefficient (Wildman–Crippen LogP) is 3.17. The van der Waals surface area contributed by atoms with Crippen LogP contribution in [0.15, 0.2) is 47.5 Å². The zero-order valence-corrected chi connectivity index (χ0v) is 20.0. The fraction of sp³-hybridized carbons (Fsp3) is 0.348. The molecule has 11 heteroatoms. The SMILES string of the molecule is CCOC(=O)N1CC(N)=Nc2cc(-c3ccc(C(=O)NCCCP(=O)(O)O)cc3)ccc2C1C. The molecule has 0 spiro atoms. The van der Waals surface area contributed by atoms with Gasteiger partial charge in [-0.3, -0.25) is 14.3 Å². The van der Waals surface area contributed by atoms with Gasteiger partial charge in [0.25, 0.3) is 5.91 Å². The highest BCUT2D eigenvalue weighted by atomic mass is 31.2. The minimum absolute atomic E-state index is 0.169. The average molecular weight is 488 g/mol. The second-order valence-electron chi connectivity index (χ2n) is 7.95. The standard InChI is InChI=1S/C23H29N4O6P/c1-3-33-23(29)27-14-21(24)26-20-13-18(9-10-19(20)15(27)2)16-5-7-17(8-6-16)22(28)25-11-4-12-34(30,31)32/h5-10,13,15H,3-4,11-12,14H2,1-2H3,(H2,24,26)(H,25,28)(H2,30,31,32). The van der Waals surface area contributed by atoms with Crippen LogP contribution in [0.2, 0.25) is 0 Å². The van der Waals surface area contributed by atoms with Crippen molar-refractivity contribution in [2.24, 2.45) is 10.7 Å². The van der Waals surface area contributed by atoms with Gasteiger partial charge in [-0.2, -0.15) is 0 Å². The molecule has 0 radical (unpaired) electrons. The molecular formula is C23H29N4O6P. The summed E-state index contributed by atoms with van der Waals surface area (Å²) < 4.78 is 16.0. The van der Waals surface area contributed by atoms with Crippen molar-refractivity contribution in [3.8, 4) is 11.1 Å². The number of nitrogens with one attached hydrogen (secondary N) is 1. The van der Waals surface area contributed by atoms with Gasteiger partial charge in [-0.05, 0) is 49.6 Å². The Kier molecular flexibility index (Phi) is 8.09. The lowest BCUT2D eigenvalue weighted by molar-refractivity contribution is 0.0952. The summed E-state index contributed by atoms with van der Waals surface area (Å²) in [7, 11) is -4.06. The number of carbonyl (C=O) groups excluding carboxylic acids is 2. The van der Waals surface area contributed by atoms with E-state index in [9.17, 15) is 14.2 Å². The lowest BCUT2D eigenvalue weighted by atomic mass is 9.98. The first-order valence-electron chi connectivity index (χ1n) is 10.9. The molecule has 3 rings (SSSR count). The van der Waals surface area contributed by atoms with E-state index in [1.165, 1.54) is 0 Å². The number of hydrogen-bond donors (Lipinski definition) is 4. The normalized spacial score (nSPS) is 15.7. The van der Waals surface area contributed by atoms with Crippen molar-refractivity contribution in [3.05, 3.63) is 53.6 Å². The Morgan fingerprint density at radius 2 is 1.88 bits per heavy atom. The summed E-state index contributed by atoms with van der Waals surface area (Å²) in [5.74, 6) is -0.00832. The summed E-state index contributed by atoms with van der Waals surface area (Å²) in [6.07, 6.45) is -0.521. The Hall–Kier alpha value is -3.20. The van der Waals surface area contributed by atoms with Crippen molar-refractivity contribution in [2.45, 2.75) is 26.3 Å². The highest BCUT2D eigenvalue weighted by Crippen LogP contribution is 2.36. The zero-order chi connectivity index (χ0) is 24.9. The molecule has 1 heterocycles. The molecule has 10 nitrogen and oxygen atoms in total. The summed E-state index contributed by atoms with van der Waals surface area (Å²) in [4.78, 5) is 48.4. The van der Waals surface area contributed by atoms with Gasteiger partial charge < -0.3 is 25.6 Å². The minimum Gasteiger partial charge on any atom is -0.450 e. The molecule has 0 saturated heterocycles. The van der Waals surface area contributed by atoms with Gasteiger partial charge in [0.05, 0.1) is 31.0 Å². The topological polar surface area (TPSA) is 155 Å². The number of amidine groups is 1. The van der Waals surface area contributed by atoms with Crippen LogP contribution in [0.5, 0.6) is 0 Å². The largest absolute Gasteiger partial charge is 0.450 e. The van der Waals surface area contributed by atoms with Crippen molar-refractivity contribution >= 4 is 31.1 Å². The zero-order valence-electron chi connectivity index (χ0n) is 19.1. The molecule has 0 fully saturated rings. The third-order valence-corrected chi connectivity index (χ3v) is 6.34. The van der Waals surface area contributed by atoms with Gasteiger partial charge in [-0.25, -0.2) is 9.79 Å². The molecule has 1 atom stereocenters. The van der Waals surface area contributed by atoms with Gasteiger partial charge >= 0.3 is 13.7 Å². The molecule has 34 heavy (non-hydrogen) atoms. The first-order valence-corrected chi connectivity index (χ1v) is 12.7. The Bertz CT molecular complexity index is 1130. The molecule has 0 aromatic heterocycles. The fourth-order valence-electron chi connectivity index (χ4n) is 3.67. The number of benzene rings is 2. The third kappa shape index (κ3) is 6.44. The Labute approximate surface area is 198 Å². The van der Waals surface area contributed by atoms with Gasteiger partial charge in [-0.1, -0.05) is 24.3 Å². The summed E-state index contributed by atoms with van der Waals surface area (Å²) in [5.41, 5.74) is 9.77. The third-order valence-electron chi connectivity index (χ3n) is 5.44. The predicted molar refractivity (Wildman–Crippen MR) is 129 cm³/mol. The molecule has 182 valence electrons. The quantitative estimate of drug-likeness (QED) is 0.345. The molecule has 5 N–H and O–H groups in total. The molecule has 0 bridgehead atoms. The summed E-state index contributed by atoms with van der Waals surface area (Å²) in [6.45, 7) is 4.27. The number of nitrogens with zero attached hydrogens (tertiary/aromatic N) is 2. The van der Waals surface area contributed by atoms with Crippen LogP contribution >= 0.6 is 7.60 Å². The van der Waals surface area contributed by atoms with Gasteiger partial charge in [0.1, 0.15) is 5.84 Å². The molecule has 2 aromatic rings. The van der Waals surface area contributed by atoms with Crippen LogP contribution in [0.25, 0.3) is 11.1 Å². The first-order chi connectivity index (χ1) is 16.1. The first kappa shape index (κ1) is 25.4. The Balaban J connectivity index is 1.74. The fourth-order valence-corrected chi connectivity index (χ4v) is 4.24. The molecule has 2 amide bonds. The van der Waals surface area contributed by atoms with Crippen molar-refractivity contribution in [2.75, 3.05) is 25.9 Å². The van der Waals surface area contributed by atoms with Gasteiger partial charge in [0.15, 0.2) is 0 Å². The van der Waals surface area contributed by atoms with Crippen LogP contribution in [0.4, 0.5) is 10.5 Å². The van der Waals surface area contributed by atoms with Crippen LogP contribution in [0.3, 0.4) is 0 Å². The number of fused-ring (bicyclic) bond motifs is 1. The van der Waals surface area contributed by atoms with Crippen molar-refractivity contribution in [1.82, 2.24) is 10.2 Å². The van der Waals surface area contributed by atoms with E-state index in [0.717, 1.165) is 16.7 Å². The number of ether oxygens (including phenoxy) is 1. The van der Waals surface area contributed by atoms with Crippen LogP contribution in [-0.4, -0.2) is 58.4 Å². The molecule has 1 aliphatic heterocycles. The lowest BCUT2D eigenvalue weighted by Gasteiger charge is -2.27. The number of aliphatic imine (C=N–C) groups is 1. The lowest BCUT2D eigenvalue weighted by Crippen LogP contribution is -2.39. The molecule has 2 aromatic carbocycles. The van der Waals surface area contributed by atoms with Crippen molar-refractivity contribution < 1.29 is 28.7 Å². The maximum absolute atomic E-state index is 12.3. The maximum atomic E-state index is 12.3. The van der Waals surface area contributed by atoms with Crippen molar-refractivity contribution in [3.63, 3.8) is 0 Å². The van der Waals surface area contributed by atoms with E-state index in [-0.39, 0.29) is 44.2 Å². The maximum Gasteiger partial charge on any atom is 0.410 e. The number of nitrogens with two attached hydrogens (primary N) is 1. The van der Waals surface area contributed by atoms with Gasteiger partial charge in [0.2, 0.25) is 0 Å². The highest BCUT2D eigenvalue weighted by molar-refractivity contribution is 7.51. The van der Waals surface area contributed by atoms with Crippen molar-refractivity contribution in [1.29, 1.82) is 0 Å². The minimum atomic E-state index is -4.06. The van der Waals surface area contributed by atoms with E-state index in [1.807, 2.05) is 37.3 Å².